The molecule has 0 aliphatic heterocycles. The van der Waals surface area contributed by atoms with E-state index in [2.05, 4.69) is 111 Å². The van der Waals surface area contributed by atoms with Crippen molar-refractivity contribution in [3.63, 3.8) is 0 Å². The molecule has 0 bridgehead atoms. The molecule has 0 radical (unpaired) electrons. The summed E-state index contributed by atoms with van der Waals surface area (Å²) >= 11 is 1.79. The first kappa shape index (κ1) is 19.0. The van der Waals surface area contributed by atoms with Crippen molar-refractivity contribution in [2.45, 2.75) is 26.9 Å². The van der Waals surface area contributed by atoms with Crippen LogP contribution < -0.4 is 14.9 Å². The van der Waals surface area contributed by atoms with Crippen molar-refractivity contribution >= 4 is 50.6 Å². The Morgan fingerprint density at radius 2 is 1.65 bits per heavy atom. The number of pyridine rings is 1. The molecule has 0 aliphatic carbocycles. The second kappa shape index (κ2) is 7.43. The average molecular weight is 440 g/mol. The number of benzene rings is 3. The molecule has 0 saturated carbocycles. The third-order valence-corrected chi connectivity index (χ3v) is 11.1. The normalized spacial score (nSPS) is 12.5. The number of fused-ring (bicyclic) bond motifs is 2. The Labute approximate surface area is 191 Å². The lowest BCUT2D eigenvalue weighted by atomic mass is 9.98. The highest BCUT2D eigenvalue weighted by Gasteiger charge is 2.27. The zero-order chi connectivity index (χ0) is 22.6. The molecule has 2 heterocycles. The van der Waals surface area contributed by atoms with Gasteiger partial charge in [-0.3, -0.25) is 0 Å². The molecule has 0 saturated heterocycles. The summed E-state index contributed by atoms with van der Waals surface area (Å²) in [6, 6.07) is 25.1. The van der Waals surface area contributed by atoms with Gasteiger partial charge in [0.2, 0.25) is 5.69 Å². The number of aryl methyl sites for hydroxylation is 1. The molecule has 154 valence electrons. The Bertz CT molecular complexity index is 1480. The van der Waals surface area contributed by atoms with Gasteiger partial charge in [-0.25, -0.2) is 0 Å². The van der Waals surface area contributed by atoms with Crippen LogP contribution in [-0.4, -0.2) is 8.07 Å². The van der Waals surface area contributed by atoms with Gasteiger partial charge in [-0.2, -0.15) is 4.57 Å². The van der Waals surface area contributed by atoms with E-state index in [1.165, 1.54) is 37.3 Å². The monoisotopic (exact) mass is 439 g/mol. The molecule has 3 heteroatoms. The van der Waals surface area contributed by atoms with Crippen LogP contribution in [-0.2, 0) is 7.05 Å². The molecule has 0 N–H and O–H groups in total. The first-order chi connectivity index (χ1) is 15.3. The molecule has 1 nitrogen and oxygen atoms in total. The van der Waals surface area contributed by atoms with Gasteiger partial charge in [-0.15, -0.1) is 11.3 Å². The Hall–Kier alpha value is -2.75. The molecule has 0 amide bonds. The standard InChI is InChI=1S/C28H28NSSi/c1-19-15-21-13-14-30-27(21)18-26(19)28-25-12-11-24(17-22(25)16-20(2)29(28)3)31(4,5)23-9-7-6-8-10-23/h6-18H,1-5H3/q+1/i16D. The van der Waals surface area contributed by atoms with Crippen molar-refractivity contribution < 1.29 is 5.94 Å². The maximum atomic E-state index is 8.95. The average Bonchev–Trinajstić information content (AvgIpc) is 3.25. The summed E-state index contributed by atoms with van der Waals surface area (Å²) < 4.78 is 12.5. The quantitative estimate of drug-likeness (QED) is 0.240. The number of rotatable bonds is 3. The van der Waals surface area contributed by atoms with E-state index < -0.39 is 8.07 Å². The highest BCUT2D eigenvalue weighted by molar-refractivity contribution is 7.17. The highest BCUT2D eigenvalue weighted by atomic mass is 32.1. The Morgan fingerprint density at radius 1 is 0.871 bits per heavy atom. The van der Waals surface area contributed by atoms with E-state index in [1.807, 2.05) is 0 Å². The van der Waals surface area contributed by atoms with Crippen LogP contribution in [0.4, 0.5) is 0 Å². The smallest absolute Gasteiger partial charge is 0.198 e. The van der Waals surface area contributed by atoms with Crippen LogP contribution in [0.5, 0.6) is 0 Å². The minimum absolute atomic E-state index is 0.626. The molecule has 5 aromatic rings. The fraction of sp³-hybridized carbons (Fsp3) is 0.179. The van der Waals surface area contributed by atoms with Gasteiger partial charge in [0.15, 0.2) is 5.69 Å². The summed E-state index contributed by atoms with van der Waals surface area (Å²) in [7, 11) is 0.244. The SMILES string of the molecule is [2H]c1c(C)[n+](C)c(-c2cc3sccc3cc2C)c2ccc([Si](C)(C)c3ccccc3)cc12. The van der Waals surface area contributed by atoms with Crippen LogP contribution in [0.2, 0.25) is 13.1 Å². The van der Waals surface area contributed by atoms with E-state index in [9.17, 15) is 0 Å². The van der Waals surface area contributed by atoms with Crippen LogP contribution in [0, 0.1) is 13.8 Å². The molecular weight excluding hydrogens is 410 g/mol. The first-order valence-corrected chi connectivity index (χ1v) is 14.6. The van der Waals surface area contributed by atoms with E-state index in [4.69, 9.17) is 1.37 Å². The van der Waals surface area contributed by atoms with Crippen LogP contribution in [0.1, 0.15) is 12.6 Å². The van der Waals surface area contributed by atoms with Crippen LogP contribution in [0.25, 0.3) is 32.1 Å². The number of aromatic nitrogens is 1. The van der Waals surface area contributed by atoms with Gasteiger partial charge in [0.05, 0.1) is 12.3 Å². The molecule has 3 aromatic carbocycles. The molecule has 5 rings (SSSR count). The van der Waals surface area contributed by atoms with Gasteiger partial charge < -0.3 is 0 Å². The Kier molecular flexibility index (Phi) is 4.55. The van der Waals surface area contributed by atoms with Crippen molar-refractivity contribution in [3.8, 4) is 11.3 Å². The topological polar surface area (TPSA) is 3.88 Å². The summed E-state index contributed by atoms with van der Waals surface area (Å²) in [4.78, 5) is 0. The lowest BCUT2D eigenvalue weighted by molar-refractivity contribution is -0.665. The van der Waals surface area contributed by atoms with E-state index in [1.54, 1.807) is 11.3 Å². The van der Waals surface area contributed by atoms with Crippen molar-refractivity contribution in [1.29, 1.82) is 0 Å². The van der Waals surface area contributed by atoms with Gasteiger partial charge in [-0.05, 0) is 52.9 Å². The molecule has 0 aliphatic rings. The number of thiophene rings is 1. The summed E-state index contributed by atoms with van der Waals surface area (Å²) in [6.45, 7) is 9.07. The van der Waals surface area contributed by atoms with Crippen LogP contribution in [0.3, 0.4) is 0 Å². The molecule has 0 fully saturated rings. The van der Waals surface area contributed by atoms with Gasteiger partial charge >= 0.3 is 0 Å². The Balaban J connectivity index is 1.79. The lowest BCUT2D eigenvalue weighted by Gasteiger charge is -2.24. The van der Waals surface area contributed by atoms with E-state index in [0.717, 1.165) is 16.5 Å². The van der Waals surface area contributed by atoms with E-state index >= 15 is 0 Å². The van der Waals surface area contributed by atoms with Gasteiger partial charge in [0.1, 0.15) is 15.1 Å². The van der Waals surface area contributed by atoms with Crippen molar-refractivity contribution in [1.82, 2.24) is 0 Å². The predicted molar refractivity (Wildman–Crippen MR) is 139 cm³/mol. The highest BCUT2D eigenvalue weighted by Crippen LogP contribution is 2.33. The Morgan fingerprint density at radius 3 is 2.42 bits per heavy atom. The van der Waals surface area contributed by atoms with Gasteiger partial charge in [0.25, 0.3) is 0 Å². The maximum Gasteiger partial charge on any atom is 0.220 e. The van der Waals surface area contributed by atoms with Gasteiger partial charge in [-0.1, -0.05) is 65.9 Å². The number of hydrogen-bond donors (Lipinski definition) is 0. The summed E-state index contributed by atoms with van der Waals surface area (Å²) in [5.74, 6) is 0. The molecule has 0 unspecified atom stereocenters. The van der Waals surface area contributed by atoms with E-state index in [-0.39, 0.29) is 0 Å². The van der Waals surface area contributed by atoms with Gasteiger partial charge in [0, 0.05) is 17.7 Å². The second-order valence-corrected chi connectivity index (χ2v) is 14.3. The van der Waals surface area contributed by atoms with Crippen molar-refractivity contribution in [3.05, 3.63) is 89.4 Å². The fourth-order valence-corrected chi connectivity index (χ4v) is 7.77. The minimum atomic E-state index is -1.85. The minimum Gasteiger partial charge on any atom is -0.198 e. The van der Waals surface area contributed by atoms with Crippen molar-refractivity contribution in [2.24, 2.45) is 7.05 Å². The molecule has 31 heavy (non-hydrogen) atoms. The maximum absolute atomic E-state index is 8.95. The molecular formula is C28H28NSSi+. The predicted octanol–water partition coefficient (Wildman–Crippen LogP) is 5.99. The van der Waals surface area contributed by atoms with Crippen molar-refractivity contribution in [2.75, 3.05) is 0 Å². The third-order valence-electron chi connectivity index (χ3n) is 6.70. The third kappa shape index (κ3) is 3.33. The number of hydrogen-bond acceptors (Lipinski definition) is 1. The molecule has 0 atom stereocenters. The second-order valence-electron chi connectivity index (χ2n) is 8.99. The summed E-state index contributed by atoms with van der Waals surface area (Å²) in [5.41, 5.74) is 4.72. The fourth-order valence-electron chi connectivity index (χ4n) is 4.60. The lowest BCUT2D eigenvalue weighted by Crippen LogP contribution is -2.52. The molecule has 2 aromatic heterocycles. The summed E-state index contributed by atoms with van der Waals surface area (Å²) in [5, 5.41) is 8.46. The first-order valence-electron chi connectivity index (χ1n) is 11.3. The summed E-state index contributed by atoms with van der Waals surface area (Å²) in [6.07, 6.45) is 0. The largest absolute Gasteiger partial charge is 0.220 e. The zero-order valence-electron chi connectivity index (χ0n) is 19.8. The zero-order valence-corrected chi connectivity index (χ0v) is 20.6. The number of nitrogens with zero attached hydrogens (tertiary/aromatic N) is 1. The molecule has 0 spiro atoms. The van der Waals surface area contributed by atoms with Crippen LogP contribution in [0.15, 0.2) is 78.2 Å². The van der Waals surface area contributed by atoms with Crippen LogP contribution >= 0.6 is 11.3 Å². The van der Waals surface area contributed by atoms with E-state index in [0.29, 0.717) is 6.04 Å².